The molecule has 2 unspecified atom stereocenters. The van der Waals surface area contributed by atoms with E-state index in [1.54, 1.807) is 7.11 Å². The second-order valence-electron chi connectivity index (χ2n) is 5.63. The summed E-state index contributed by atoms with van der Waals surface area (Å²) in [5, 5.41) is 0. The third kappa shape index (κ3) is 10.2. The highest BCUT2D eigenvalue weighted by atomic mass is 16.7. The molecule has 0 aliphatic carbocycles. The van der Waals surface area contributed by atoms with Gasteiger partial charge in [-0.05, 0) is 17.5 Å². The van der Waals surface area contributed by atoms with Crippen molar-refractivity contribution in [1.29, 1.82) is 0 Å². The number of hydrogen-bond donors (Lipinski definition) is 1. The fourth-order valence-electron chi connectivity index (χ4n) is 2.27. The van der Waals surface area contributed by atoms with Gasteiger partial charge in [0, 0.05) is 13.7 Å². The lowest BCUT2D eigenvalue weighted by Gasteiger charge is -2.23. The molecule has 27 heavy (non-hydrogen) atoms. The maximum Gasteiger partial charge on any atom is 0.196 e. The minimum Gasteiger partial charge on any atom is -0.377 e. The first kappa shape index (κ1) is 23.3. The highest BCUT2D eigenvalue weighted by Gasteiger charge is 2.18. The molecule has 5 nitrogen and oxygen atoms in total. The monoisotopic (exact) mass is 375 g/mol. The van der Waals surface area contributed by atoms with Crippen LogP contribution in [0.4, 0.5) is 0 Å². The molecule has 0 saturated carbocycles. The van der Waals surface area contributed by atoms with Crippen LogP contribution < -0.4 is 5.73 Å². The van der Waals surface area contributed by atoms with Crippen molar-refractivity contribution in [2.45, 2.75) is 46.0 Å². The van der Waals surface area contributed by atoms with Gasteiger partial charge in [0.15, 0.2) is 12.5 Å². The Kier molecular flexibility index (Phi) is 13.2. The van der Waals surface area contributed by atoms with Crippen LogP contribution in [0.2, 0.25) is 0 Å². The molecule has 5 heteroatoms. The topological polar surface area (TPSA) is 62.9 Å². The zero-order chi connectivity index (χ0) is 19.7. The predicted octanol–water partition coefficient (Wildman–Crippen LogP) is 4.11. The van der Waals surface area contributed by atoms with Crippen LogP contribution in [-0.4, -0.2) is 32.8 Å². The Morgan fingerprint density at radius 3 is 1.89 bits per heavy atom. The Morgan fingerprint density at radius 2 is 1.33 bits per heavy atom. The Labute approximate surface area is 163 Å². The lowest BCUT2D eigenvalue weighted by Crippen LogP contribution is -2.40. The Balaban J connectivity index is 0.00000176. The summed E-state index contributed by atoms with van der Waals surface area (Å²) in [4.78, 5) is 0. The van der Waals surface area contributed by atoms with E-state index in [4.69, 9.17) is 24.7 Å². The van der Waals surface area contributed by atoms with Crippen molar-refractivity contribution in [3.8, 4) is 0 Å². The first-order valence-electron chi connectivity index (χ1n) is 9.47. The van der Waals surface area contributed by atoms with Crippen molar-refractivity contribution in [2.75, 3.05) is 20.3 Å². The van der Waals surface area contributed by atoms with Crippen LogP contribution in [0.3, 0.4) is 0 Å². The molecule has 2 N–H and O–H groups in total. The normalized spacial score (nSPS) is 12.7. The van der Waals surface area contributed by atoms with Gasteiger partial charge in [0.1, 0.15) is 0 Å². The third-order valence-electron chi connectivity index (χ3n) is 3.61. The summed E-state index contributed by atoms with van der Waals surface area (Å²) in [6.45, 7) is 6.14. The van der Waals surface area contributed by atoms with Gasteiger partial charge in [0.2, 0.25) is 0 Å². The number of methoxy groups -OCH3 is 1. The zero-order valence-electron chi connectivity index (χ0n) is 16.7. The van der Waals surface area contributed by atoms with E-state index in [0.29, 0.717) is 26.4 Å². The average Bonchev–Trinajstić information content (AvgIpc) is 2.74. The molecule has 2 rings (SSSR count). The van der Waals surface area contributed by atoms with Gasteiger partial charge in [-0.25, -0.2) is 0 Å². The van der Waals surface area contributed by atoms with Crippen molar-refractivity contribution in [1.82, 2.24) is 0 Å². The predicted molar refractivity (Wildman–Crippen MR) is 108 cm³/mol. The van der Waals surface area contributed by atoms with Gasteiger partial charge in [0.25, 0.3) is 0 Å². The minimum absolute atomic E-state index is 0.422. The van der Waals surface area contributed by atoms with Crippen molar-refractivity contribution < 1.29 is 18.9 Å². The van der Waals surface area contributed by atoms with E-state index in [1.165, 1.54) is 0 Å². The molecular weight excluding hydrogens is 342 g/mol. The van der Waals surface area contributed by atoms with Crippen LogP contribution in [0.5, 0.6) is 0 Å². The van der Waals surface area contributed by atoms with Gasteiger partial charge in [-0.1, -0.05) is 74.5 Å². The zero-order valence-corrected chi connectivity index (χ0v) is 16.7. The standard InChI is InChI=1S/C20H27NO4.C2H6/c1-22-20(19(21)25-16-18-11-6-3-7-12-18)24-14-8-13-23-15-17-9-4-2-5-10-17;1-2/h2-7,9-12,19-20H,8,13-16,21H2,1H3;1-2H3. The molecule has 0 aliphatic heterocycles. The largest absolute Gasteiger partial charge is 0.377 e. The van der Waals surface area contributed by atoms with Gasteiger partial charge in [-0.3, -0.25) is 0 Å². The summed E-state index contributed by atoms with van der Waals surface area (Å²) < 4.78 is 22.1. The Morgan fingerprint density at radius 1 is 0.778 bits per heavy atom. The molecule has 0 spiro atoms. The molecular formula is C22H33NO4. The molecule has 0 heterocycles. The second-order valence-corrected chi connectivity index (χ2v) is 5.63. The summed E-state index contributed by atoms with van der Waals surface area (Å²) in [5.41, 5.74) is 8.21. The summed E-state index contributed by atoms with van der Waals surface area (Å²) in [6.07, 6.45) is -0.480. The number of rotatable bonds is 12. The fourth-order valence-corrected chi connectivity index (χ4v) is 2.27. The van der Waals surface area contributed by atoms with E-state index in [2.05, 4.69) is 0 Å². The number of hydrogen-bond acceptors (Lipinski definition) is 5. The van der Waals surface area contributed by atoms with Crippen LogP contribution in [0.25, 0.3) is 0 Å². The fraction of sp³-hybridized carbons (Fsp3) is 0.455. The maximum absolute atomic E-state index is 5.99. The third-order valence-corrected chi connectivity index (χ3v) is 3.61. The molecule has 2 aromatic carbocycles. The lowest BCUT2D eigenvalue weighted by atomic mass is 10.2. The summed E-state index contributed by atoms with van der Waals surface area (Å²) >= 11 is 0. The molecule has 0 amide bonds. The molecule has 2 aromatic rings. The molecule has 0 saturated heterocycles. The Hall–Kier alpha value is -1.76. The van der Waals surface area contributed by atoms with E-state index < -0.39 is 12.5 Å². The maximum atomic E-state index is 5.99. The number of nitrogens with two attached hydrogens (primary N) is 1. The van der Waals surface area contributed by atoms with E-state index in [0.717, 1.165) is 17.5 Å². The molecule has 0 aromatic heterocycles. The van der Waals surface area contributed by atoms with E-state index in [9.17, 15) is 0 Å². The van der Waals surface area contributed by atoms with Crippen molar-refractivity contribution >= 4 is 0 Å². The van der Waals surface area contributed by atoms with Crippen molar-refractivity contribution in [2.24, 2.45) is 5.73 Å². The second kappa shape index (κ2) is 15.3. The summed E-state index contributed by atoms with van der Waals surface area (Å²) in [7, 11) is 1.56. The number of benzene rings is 2. The van der Waals surface area contributed by atoms with Gasteiger partial charge >= 0.3 is 0 Å². The van der Waals surface area contributed by atoms with Crippen molar-refractivity contribution in [3.05, 3.63) is 71.8 Å². The van der Waals surface area contributed by atoms with Gasteiger partial charge in [0.05, 0.1) is 19.8 Å². The molecule has 0 fully saturated rings. The van der Waals surface area contributed by atoms with Crippen LogP contribution in [0.1, 0.15) is 31.4 Å². The summed E-state index contributed by atoms with van der Waals surface area (Å²) in [5.74, 6) is 0. The first-order chi connectivity index (χ1) is 13.3. The molecule has 0 radical (unpaired) electrons. The van der Waals surface area contributed by atoms with Crippen LogP contribution in [-0.2, 0) is 32.2 Å². The molecule has 150 valence electrons. The van der Waals surface area contributed by atoms with E-state index in [1.807, 2.05) is 74.5 Å². The van der Waals surface area contributed by atoms with Crippen LogP contribution >= 0.6 is 0 Å². The lowest BCUT2D eigenvalue weighted by molar-refractivity contribution is -0.197. The summed E-state index contributed by atoms with van der Waals surface area (Å²) in [6, 6.07) is 19.9. The SMILES string of the molecule is CC.COC(OCCCOCc1ccccc1)C(N)OCc1ccccc1. The quantitative estimate of drug-likeness (QED) is 0.447. The van der Waals surface area contributed by atoms with Gasteiger partial charge in [-0.2, -0.15) is 0 Å². The molecule has 0 aliphatic rings. The van der Waals surface area contributed by atoms with Gasteiger partial charge in [-0.15, -0.1) is 0 Å². The average molecular weight is 376 g/mol. The van der Waals surface area contributed by atoms with Gasteiger partial charge < -0.3 is 24.7 Å². The first-order valence-corrected chi connectivity index (χ1v) is 9.47. The number of ether oxygens (including phenoxy) is 4. The highest BCUT2D eigenvalue weighted by Crippen LogP contribution is 2.07. The van der Waals surface area contributed by atoms with E-state index in [-0.39, 0.29) is 0 Å². The van der Waals surface area contributed by atoms with Crippen LogP contribution in [0.15, 0.2) is 60.7 Å². The molecule has 0 bridgehead atoms. The minimum atomic E-state index is -0.643. The van der Waals surface area contributed by atoms with E-state index >= 15 is 0 Å². The smallest absolute Gasteiger partial charge is 0.196 e. The molecule has 2 atom stereocenters. The Bertz CT molecular complexity index is 565. The highest BCUT2D eigenvalue weighted by molar-refractivity contribution is 5.14. The van der Waals surface area contributed by atoms with Crippen molar-refractivity contribution in [3.63, 3.8) is 0 Å². The van der Waals surface area contributed by atoms with Crippen LogP contribution in [0, 0.1) is 0 Å².